The molecule has 0 spiro atoms. The van der Waals surface area contributed by atoms with Gasteiger partial charge in [0.2, 0.25) is 5.91 Å². The molecule has 18 heavy (non-hydrogen) atoms. The molecule has 0 aromatic heterocycles. The minimum Gasteiger partial charge on any atom is -0.352 e. The molecule has 4 heteroatoms. The highest BCUT2D eigenvalue weighted by Crippen LogP contribution is 2.28. The van der Waals surface area contributed by atoms with E-state index in [9.17, 15) is 4.79 Å². The Bertz CT molecular complexity index is 303. The van der Waals surface area contributed by atoms with Gasteiger partial charge in [-0.3, -0.25) is 4.79 Å². The monoisotopic (exact) mass is 253 g/mol. The predicted molar refractivity (Wildman–Crippen MR) is 73.5 cm³/mol. The van der Waals surface area contributed by atoms with Crippen LogP contribution in [0.15, 0.2) is 0 Å². The molecule has 0 aromatic carbocycles. The first-order valence-electron chi connectivity index (χ1n) is 7.11. The van der Waals surface area contributed by atoms with Gasteiger partial charge in [-0.2, -0.15) is 0 Å². The molecule has 0 radical (unpaired) electrons. The van der Waals surface area contributed by atoms with Gasteiger partial charge in [-0.1, -0.05) is 0 Å². The second-order valence-electron chi connectivity index (χ2n) is 7.16. The lowest BCUT2D eigenvalue weighted by Gasteiger charge is -2.46. The summed E-state index contributed by atoms with van der Waals surface area (Å²) in [6, 6.07) is 0.317. The van der Waals surface area contributed by atoms with Crippen molar-refractivity contribution in [3.63, 3.8) is 0 Å². The van der Waals surface area contributed by atoms with Gasteiger partial charge >= 0.3 is 0 Å². The fraction of sp³-hybridized carbons (Fsp3) is 0.929. The lowest BCUT2D eigenvalue weighted by Crippen LogP contribution is -2.63. The summed E-state index contributed by atoms with van der Waals surface area (Å²) in [6.07, 6.45) is 4.08. The van der Waals surface area contributed by atoms with Gasteiger partial charge in [-0.25, -0.2) is 0 Å². The topological polar surface area (TPSA) is 53.2 Å². The van der Waals surface area contributed by atoms with Crippen molar-refractivity contribution in [2.75, 3.05) is 6.54 Å². The second-order valence-corrected chi connectivity index (χ2v) is 7.16. The van der Waals surface area contributed by atoms with E-state index in [1.807, 2.05) is 0 Å². The third-order valence-electron chi connectivity index (χ3n) is 3.91. The molecule has 2 rings (SSSR count). The van der Waals surface area contributed by atoms with Crippen LogP contribution in [-0.4, -0.2) is 35.6 Å². The molecule has 1 atom stereocenters. The van der Waals surface area contributed by atoms with Crippen molar-refractivity contribution in [3.8, 4) is 0 Å². The molecule has 0 bridgehead atoms. The van der Waals surface area contributed by atoms with Gasteiger partial charge in [0.25, 0.3) is 0 Å². The standard InChI is InChI=1S/C14H27N3O/c1-13(2)8-10(9-14(3,4)17-13)16-12(18)11-6-5-7-15-11/h10-11,15,17H,5-9H2,1-4H3,(H,16,18)/t11-/m0/s1. The molecule has 2 fully saturated rings. The normalized spacial score (nSPS) is 31.2. The van der Waals surface area contributed by atoms with E-state index >= 15 is 0 Å². The minimum atomic E-state index is 0.0334. The number of carbonyl (C=O) groups is 1. The summed E-state index contributed by atoms with van der Waals surface area (Å²) in [5, 5.41) is 10.1. The van der Waals surface area contributed by atoms with E-state index in [0.717, 1.165) is 32.2 Å². The largest absolute Gasteiger partial charge is 0.352 e. The second kappa shape index (κ2) is 4.82. The van der Waals surface area contributed by atoms with Crippen LogP contribution in [0.5, 0.6) is 0 Å². The molecule has 2 aliphatic rings. The van der Waals surface area contributed by atoms with Gasteiger partial charge in [0.05, 0.1) is 6.04 Å². The maximum absolute atomic E-state index is 12.1. The van der Waals surface area contributed by atoms with E-state index in [-0.39, 0.29) is 29.1 Å². The lowest BCUT2D eigenvalue weighted by molar-refractivity contribution is -0.124. The number of amides is 1. The molecule has 0 aromatic rings. The fourth-order valence-electron chi connectivity index (χ4n) is 3.63. The summed E-state index contributed by atoms with van der Waals surface area (Å²) in [6.45, 7) is 9.81. The molecule has 2 heterocycles. The van der Waals surface area contributed by atoms with Crippen molar-refractivity contribution >= 4 is 5.91 Å². The summed E-state index contributed by atoms with van der Waals surface area (Å²) in [7, 11) is 0. The van der Waals surface area contributed by atoms with E-state index in [1.54, 1.807) is 0 Å². The Balaban J connectivity index is 1.94. The molecule has 1 amide bonds. The molecule has 2 saturated heterocycles. The van der Waals surface area contributed by atoms with Crippen molar-refractivity contribution in [2.45, 2.75) is 76.5 Å². The van der Waals surface area contributed by atoms with E-state index in [2.05, 4.69) is 43.6 Å². The zero-order chi connectivity index (χ0) is 13.4. The van der Waals surface area contributed by atoms with Crippen LogP contribution in [0.3, 0.4) is 0 Å². The maximum Gasteiger partial charge on any atom is 0.237 e. The molecule has 2 aliphatic heterocycles. The minimum absolute atomic E-state index is 0.0334. The molecule has 4 nitrogen and oxygen atoms in total. The summed E-state index contributed by atoms with van der Waals surface area (Å²) in [5.41, 5.74) is 0.172. The molecule has 104 valence electrons. The third-order valence-corrected chi connectivity index (χ3v) is 3.91. The molecule has 0 aliphatic carbocycles. The highest BCUT2D eigenvalue weighted by atomic mass is 16.2. The SMILES string of the molecule is CC1(C)CC(NC(=O)[C@@H]2CCCN2)CC(C)(C)N1. The Hall–Kier alpha value is -0.610. The Labute approximate surface area is 110 Å². The molecular formula is C14H27N3O. The fourth-order valence-corrected chi connectivity index (χ4v) is 3.63. The summed E-state index contributed by atoms with van der Waals surface area (Å²) >= 11 is 0. The molecule has 3 N–H and O–H groups in total. The van der Waals surface area contributed by atoms with Crippen LogP contribution in [0, 0.1) is 0 Å². The summed E-state index contributed by atoms with van der Waals surface area (Å²) in [4.78, 5) is 12.1. The summed E-state index contributed by atoms with van der Waals surface area (Å²) < 4.78 is 0. The molecule has 0 unspecified atom stereocenters. The average molecular weight is 253 g/mol. The smallest absolute Gasteiger partial charge is 0.237 e. The maximum atomic E-state index is 12.1. The zero-order valence-corrected chi connectivity index (χ0v) is 12.1. The van der Waals surface area contributed by atoms with Gasteiger partial charge in [0, 0.05) is 17.1 Å². The molecule has 0 saturated carbocycles. The van der Waals surface area contributed by atoms with Crippen LogP contribution < -0.4 is 16.0 Å². The number of hydrogen-bond acceptors (Lipinski definition) is 3. The van der Waals surface area contributed by atoms with Crippen molar-refractivity contribution in [1.29, 1.82) is 0 Å². The van der Waals surface area contributed by atoms with Gasteiger partial charge in [-0.15, -0.1) is 0 Å². The Morgan fingerprint density at radius 1 is 1.17 bits per heavy atom. The first-order chi connectivity index (χ1) is 8.27. The van der Waals surface area contributed by atoms with Crippen LogP contribution in [-0.2, 0) is 4.79 Å². The van der Waals surface area contributed by atoms with Crippen molar-refractivity contribution < 1.29 is 4.79 Å². The average Bonchev–Trinajstić information content (AvgIpc) is 2.63. The van der Waals surface area contributed by atoms with Gasteiger partial charge in [0.1, 0.15) is 0 Å². The van der Waals surface area contributed by atoms with E-state index < -0.39 is 0 Å². The van der Waals surface area contributed by atoms with Crippen LogP contribution in [0.1, 0.15) is 53.4 Å². The van der Waals surface area contributed by atoms with Gasteiger partial charge < -0.3 is 16.0 Å². The first kappa shape index (κ1) is 13.8. The third kappa shape index (κ3) is 3.45. The van der Waals surface area contributed by atoms with Crippen LogP contribution in [0.4, 0.5) is 0 Å². The highest BCUT2D eigenvalue weighted by Gasteiger charge is 2.38. The van der Waals surface area contributed by atoms with E-state index in [4.69, 9.17) is 0 Å². The Morgan fingerprint density at radius 2 is 1.78 bits per heavy atom. The van der Waals surface area contributed by atoms with Crippen LogP contribution in [0.2, 0.25) is 0 Å². The van der Waals surface area contributed by atoms with Gasteiger partial charge in [0.15, 0.2) is 0 Å². The van der Waals surface area contributed by atoms with Crippen molar-refractivity contribution in [2.24, 2.45) is 0 Å². The van der Waals surface area contributed by atoms with E-state index in [0.29, 0.717) is 0 Å². The number of carbonyl (C=O) groups excluding carboxylic acids is 1. The Morgan fingerprint density at radius 3 is 2.28 bits per heavy atom. The number of rotatable bonds is 2. The lowest BCUT2D eigenvalue weighted by atomic mass is 9.79. The van der Waals surface area contributed by atoms with Crippen molar-refractivity contribution in [1.82, 2.24) is 16.0 Å². The highest BCUT2D eigenvalue weighted by molar-refractivity contribution is 5.82. The van der Waals surface area contributed by atoms with Crippen LogP contribution in [0.25, 0.3) is 0 Å². The van der Waals surface area contributed by atoms with Crippen LogP contribution >= 0.6 is 0 Å². The molecular weight excluding hydrogens is 226 g/mol. The summed E-state index contributed by atoms with van der Waals surface area (Å²) in [5.74, 6) is 0.186. The number of hydrogen-bond donors (Lipinski definition) is 3. The first-order valence-corrected chi connectivity index (χ1v) is 7.11. The van der Waals surface area contributed by atoms with Crippen molar-refractivity contribution in [3.05, 3.63) is 0 Å². The quantitative estimate of drug-likeness (QED) is 0.692. The number of nitrogens with one attached hydrogen (secondary N) is 3. The Kier molecular flexibility index (Phi) is 3.70. The predicted octanol–water partition coefficient (Wildman–Crippen LogP) is 1.16. The zero-order valence-electron chi connectivity index (χ0n) is 12.1. The number of piperidine rings is 1. The van der Waals surface area contributed by atoms with E-state index in [1.165, 1.54) is 0 Å². The van der Waals surface area contributed by atoms with Gasteiger partial charge in [-0.05, 0) is 59.9 Å².